The highest BCUT2D eigenvalue weighted by Crippen LogP contribution is 2.38. The van der Waals surface area contributed by atoms with Crippen molar-refractivity contribution in [2.45, 2.75) is 31.6 Å². The summed E-state index contributed by atoms with van der Waals surface area (Å²) in [5.41, 5.74) is 7.52. The van der Waals surface area contributed by atoms with Crippen molar-refractivity contribution in [2.24, 2.45) is 11.7 Å². The first-order chi connectivity index (χ1) is 8.78. The second-order valence-corrected chi connectivity index (χ2v) is 5.49. The standard InChI is InChI=1S/C14H17ClN2O/c15-10-5-6-13-12(7-10)17-14(18-13)11-4-2-1-3-9(11)8-16/h5-7,9,11H,1-4,8,16H2. The van der Waals surface area contributed by atoms with E-state index in [-0.39, 0.29) is 0 Å². The van der Waals surface area contributed by atoms with Gasteiger partial charge in [0.2, 0.25) is 0 Å². The molecule has 1 aromatic carbocycles. The number of hydrogen-bond acceptors (Lipinski definition) is 3. The molecule has 1 saturated carbocycles. The molecule has 0 radical (unpaired) electrons. The molecule has 2 atom stereocenters. The van der Waals surface area contributed by atoms with Crippen molar-refractivity contribution in [3.63, 3.8) is 0 Å². The molecule has 2 N–H and O–H groups in total. The van der Waals surface area contributed by atoms with Crippen LogP contribution in [0.4, 0.5) is 0 Å². The second-order valence-electron chi connectivity index (χ2n) is 5.05. The Morgan fingerprint density at radius 3 is 3.00 bits per heavy atom. The molecule has 1 aliphatic rings. The number of hydrogen-bond donors (Lipinski definition) is 1. The number of nitrogens with two attached hydrogens (primary N) is 1. The van der Waals surface area contributed by atoms with Crippen molar-refractivity contribution in [2.75, 3.05) is 6.54 Å². The van der Waals surface area contributed by atoms with E-state index < -0.39 is 0 Å². The van der Waals surface area contributed by atoms with Gasteiger partial charge in [-0.05, 0) is 43.5 Å². The maximum Gasteiger partial charge on any atom is 0.198 e. The molecular formula is C14H17ClN2O. The summed E-state index contributed by atoms with van der Waals surface area (Å²) in [5, 5.41) is 0.696. The molecule has 1 aromatic heterocycles. The predicted molar refractivity (Wildman–Crippen MR) is 72.8 cm³/mol. The SMILES string of the molecule is NCC1CCCCC1c1nc2cc(Cl)ccc2o1. The molecular weight excluding hydrogens is 248 g/mol. The summed E-state index contributed by atoms with van der Waals surface area (Å²) < 4.78 is 5.87. The van der Waals surface area contributed by atoms with Gasteiger partial charge in [0.25, 0.3) is 0 Å². The lowest BCUT2D eigenvalue weighted by molar-refractivity contribution is 0.275. The van der Waals surface area contributed by atoms with Gasteiger partial charge in [-0.25, -0.2) is 4.98 Å². The third kappa shape index (κ3) is 2.13. The largest absolute Gasteiger partial charge is 0.440 e. The zero-order valence-electron chi connectivity index (χ0n) is 10.2. The topological polar surface area (TPSA) is 52.0 Å². The molecule has 0 saturated heterocycles. The Bertz CT molecular complexity index is 552. The van der Waals surface area contributed by atoms with Crippen LogP contribution in [0.3, 0.4) is 0 Å². The van der Waals surface area contributed by atoms with Gasteiger partial charge in [0.15, 0.2) is 11.5 Å². The summed E-state index contributed by atoms with van der Waals surface area (Å²) in [6.45, 7) is 0.712. The zero-order chi connectivity index (χ0) is 12.5. The Morgan fingerprint density at radius 2 is 2.17 bits per heavy atom. The van der Waals surface area contributed by atoms with Gasteiger partial charge in [-0.3, -0.25) is 0 Å². The maximum atomic E-state index is 5.97. The molecule has 96 valence electrons. The Labute approximate surface area is 111 Å². The zero-order valence-corrected chi connectivity index (χ0v) is 11.0. The third-order valence-electron chi connectivity index (χ3n) is 3.90. The Kier molecular flexibility index (Phi) is 3.27. The van der Waals surface area contributed by atoms with E-state index in [2.05, 4.69) is 4.98 Å². The summed E-state index contributed by atoms with van der Waals surface area (Å²) in [7, 11) is 0. The maximum absolute atomic E-state index is 5.97. The first-order valence-electron chi connectivity index (χ1n) is 6.54. The van der Waals surface area contributed by atoms with Crippen molar-refractivity contribution >= 4 is 22.7 Å². The molecule has 4 heteroatoms. The van der Waals surface area contributed by atoms with Crippen molar-refractivity contribution in [1.29, 1.82) is 0 Å². The number of nitrogens with zero attached hydrogens (tertiary/aromatic N) is 1. The smallest absolute Gasteiger partial charge is 0.198 e. The van der Waals surface area contributed by atoms with E-state index in [9.17, 15) is 0 Å². The van der Waals surface area contributed by atoms with Crippen LogP contribution in [-0.2, 0) is 0 Å². The first-order valence-corrected chi connectivity index (χ1v) is 6.92. The number of halogens is 1. The van der Waals surface area contributed by atoms with E-state index in [1.807, 2.05) is 18.2 Å². The molecule has 1 fully saturated rings. The summed E-state index contributed by atoms with van der Waals surface area (Å²) >= 11 is 5.97. The van der Waals surface area contributed by atoms with E-state index in [1.165, 1.54) is 19.3 Å². The number of benzene rings is 1. The summed E-state index contributed by atoms with van der Waals surface area (Å²) in [6.07, 6.45) is 4.81. The quantitative estimate of drug-likeness (QED) is 0.900. The Balaban J connectivity index is 1.97. The van der Waals surface area contributed by atoms with Crippen LogP contribution in [0.1, 0.15) is 37.5 Å². The fourth-order valence-electron chi connectivity index (χ4n) is 2.89. The van der Waals surface area contributed by atoms with Gasteiger partial charge in [0, 0.05) is 10.9 Å². The average Bonchev–Trinajstić information content (AvgIpc) is 2.81. The van der Waals surface area contributed by atoms with Crippen molar-refractivity contribution < 1.29 is 4.42 Å². The average molecular weight is 265 g/mol. The molecule has 0 amide bonds. The van der Waals surface area contributed by atoms with Crippen LogP contribution < -0.4 is 5.73 Å². The first kappa shape index (κ1) is 12.0. The molecule has 18 heavy (non-hydrogen) atoms. The molecule has 0 spiro atoms. The monoisotopic (exact) mass is 264 g/mol. The van der Waals surface area contributed by atoms with Crippen LogP contribution in [0.25, 0.3) is 11.1 Å². The Morgan fingerprint density at radius 1 is 1.33 bits per heavy atom. The fourth-order valence-corrected chi connectivity index (χ4v) is 3.06. The van der Waals surface area contributed by atoms with Crippen LogP contribution in [0.15, 0.2) is 22.6 Å². The minimum Gasteiger partial charge on any atom is -0.440 e. The van der Waals surface area contributed by atoms with E-state index in [0.29, 0.717) is 23.4 Å². The van der Waals surface area contributed by atoms with Crippen LogP contribution in [0.5, 0.6) is 0 Å². The van der Waals surface area contributed by atoms with Gasteiger partial charge in [0.1, 0.15) is 5.52 Å². The highest BCUT2D eigenvalue weighted by Gasteiger charge is 2.29. The van der Waals surface area contributed by atoms with Gasteiger partial charge in [-0.1, -0.05) is 24.4 Å². The van der Waals surface area contributed by atoms with Gasteiger partial charge in [-0.2, -0.15) is 0 Å². The molecule has 1 heterocycles. The van der Waals surface area contributed by atoms with Gasteiger partial charge >= 0.3 is 0 Å². The van der Waals surface area contributed by atoms with Crippen LogP contribution >= 0.6 is 11.6 Å². The predicted octanol–water partition coefficient (Wildman–Crippen LogP) is 3.71. The molecule has 2 unspecified atom stereocenters. The molecule has 3 rings (SSSR count). The highest BCUT2D eigenvalue weighted by atomic mass is 35.5. The minimum absolute atomic E-state index is 0.370. The van der Waals surface area contributed by atoms with E-state index in [4.69, 9.17) is 21.8 Å². The van der Waals surface area contributed by atoms with E-state index >= 15 is 0 Å². The Hall–Kier alpha value is -1.06. The number of oxazole rings is 1. The lowest BCUT2D eigenvalue weighted by Crippen LogP contribution is -2.25. The lowest BCUT2D eigenvalue weighted by atomic mass is 9.79. The molecule has 1 aliphatic carbocycles. The number of fused-ring (bicyclic) bond motifs is 1. The van der Waals surface area contributed by atoms with Gasteiger partial charge in [-0.15, -0.1) is 0 Å². The highest BCUT2D eigenvalue weighted by molar-refractivity contribution is 6.31. The van der Waals surface area contributed by atoms with Gasteiger partial charge in [0.05, 0.1) is 0 Å². The lowest BCUT2D eigenvalue weighted by Gasteiger charge is -2.27. The molecule has 0 aliphatic heterocycles. The van der Waals surface area contributed by atoms with E-state index in [0.717, 1.165) is 23.4 Å². The summed E-state index contributed by atoms with van der Waals surface area (Å²) in [4.78, 5) is 4.59. The van der Waals surface area contributed by atoms with Gasteiger partial charge < -0.3 is 10.2 Å². The molecule has 2 aromatic rings. The van der Waals surface area contributed by atoms with Crippen molar-refractivity contribution in [3.8, 4) is 0 Å². The number of aromatic nitrogens is 1. The normalized spacial score (nSPS) is 24.6. The summed E-state index contributed by atoms with van der Waals surface area (Å²) in [5.74, 6) is 1.71. The second kappa shape index (κ2) is 4.90. The fraction of sp³-hybridized carbons (Fsp3) is 0.500. The number of rotatable bonds is 2. The van der Waals surface area contributed by atoms with Crippen LogP contribution in [0, 0.1) is 5.92 Å². The van der Waals surface area contributed by atoms with Crippen molar-refractivity contribution in [3.05, 3.63) is 29.1 Å². The van der Waals surface area contributed by atoms with E-state index in [1.54, 1.807) is 0 Å². The minimum atomic E-state index is 0.370. The van der Waals surface area contributed by atoms with Crippen molar-refractivity contribution in [1.82, 2.24) is 4.98 Å². The molecule has 3 nitrogen and oxygen atoms in total. The van der Waals surface area contributed by atoms with Crippen LogP contribution in [-0.4, -0.2) is 11.5 Å². The van der Waals surface area contributed by atoms with Crippen LogP contribution in [0.2, 0.25) is 5.02 Å². The molecule has 0 bridgehead atoms. The third-order valence-corrected chi connectivity index (χ3v) is 4.13. The summed E-state index contributed by atoms with van der Waals surface area (Å²) in [6, 6.07) is 5.57.